The molecule has 3 aromatic heterocycles. The topological polar surface area (TPSA) is 14.8 Å². The fourth-order valence-corrected chi connectivity index (χ4v) is 17.1. The summed E-state index contributed by atoms with van der Waals surface area (Å²) in [5, 5.41) is 8.05. The van der Waals surface area contributed by atoms with Gasteiger partial charge in [-0.3, -0.25) is 0 Å². The summed E-state index contributed by atoms with van der Waals surface area (Å²) in [5.41, 5.74) is 32.1. The molecule has 0 saturated heterocycles. The molecule has 83 heavy (non-hydrogen) atoms. The molecule has 0 radical (unpaired) electrons. The minimum Gasteiger partial charge on any atom is -0.310 e. The van der Waals surface area contributed by atoms with Crippen LogP contribution < -0.4 is 16.4 Å². The third-order valence-electron chi connectivity index (χ3n) is 21.7. The van der Waals surface area contributed by atoms with Gasteiger partial charge in [0.05, 0.1) is 33.0 Å². The van der Waals surface area contributed by atoms with Crippen molar-refractivity contribution in [3.63, 3.8) is 0 Å². The first-order valence-electron chi connectivity index (χ1n) is 31.0. The van der Waals surface area contributed by atoms with E-state index in [1.165, 1.54) is 178 Å². The van der Waals surface area contributed by atoms with Crippen LogP contribution in [-0.4, -0.2) is 20.4 Å². The maximum atomic E-state index is 2.82. The highest BCUT2D eigenvalue weighted by atomic mass is 15.1. The van der Waals surface area contributed by atoms with Crippen LogP contribution in [0, 0.1) is 0 Å². The van der Waals surface area contributed by atoms with Crippen LogP contribution in [0.3, 0.4) is 0 Å². The average Bonchev–Trinajstić information content (AvgIpc) is 1.86. The molecule has 9 aromatic carbocycles. The summed E-state index contributed by atoms with van der Waals surface area (Å²) in [6, 6.07) is 59.7. The maximum absolute atomic E-state index is 2.82. The van der Waals surface area contributed by atoms with E-state index in [0.717, 1.165) is 0 Å². The van der Waals surface area contributed by atoms with Crippen LogP contribution >= 0.6 is 0 Å². The van der Waals surface area contributed by atoms with Gasteiger partial charge in [0, 0.05) is 54.9 Å². The quantitative estimate of drug-likeness (QED) is 0.146. The van der Waals surface area contributed by atoms with Gasteiger partial charge in [-0.2, -0.15) is 0 Å². The Morgan fingerprint density at radius 3 is 1.51 bits per heavy atom. The molecular formula is C79H76BN3. The molecule has 3 nitrogen and oxygen atoms in total. The molecule has 0 bridgehead atoms. The van der Waals surface area contributed by atoms with E-state index in [2.05, 4.69) is 270 Å². The molecule has 0 amide bonds. The molecule has 0 unspecified atom stereocenters. The Kier molecular flexibility index (Phi) is 9.17. The lowest BCUT2D eigenvalue weighted by Crippen LogP contribution is -2.60. The van der Waals surface area contributed by atoms with Gasteiger partial charge >= 0.3 is 0 Å². The second-order valence-electron chi connectivity index (χ2n) is 31.6. The smallest absolute Gasteiger partial charge is 0.252 e. The Bertz CT molecular complexity index is 4940. The van der Waals surface area contributed by atoms with Gasteiger partial charge in [-0.25, -0.2) is 0 Å². The van der Waals surface area contributed by atoms with Crippen molar-refractivity contribution >= 4 is 88.5 Å². The van der Waals surface area contributed by atoms with E-state index in [4.69, 9.17) is 0 Å². The zero-order valence-corrected chi connectivity index (χ0v) is 51.7. The molecule has 1 spiro atoms. The molecule has 6 heterocycles. The number of benzene rings is 9. The second-order valence-corrected chi connectivity index (χ2v) is 31.6. The van der Waals surface area contributed by atoms with Gasteiger partial charge in [-0.1, -0.05) is 208 Å². The largest absolute Gasteiger partial charge is 0.310 e. The summed E-state index contributed by atoms with van der Waals surface area (Å²) in [6.07, 6.45) is 2.36. The summed E-state index contributed by atoms with van der Waals surface area (Å²) >= 11 is 0. The van der Waals surface area contributed by atoms with E-state index >= 15 is 0 Å². The van der Waals surface area contributed by atoms with Crippen molar-refractivity contribution in [2.75, 3.05) is 0 Å². The lowest BCUT2D eigenvalue weighted by molar-refractivity contribution is 0.332. The van der Waals surface area contributed by atoms with Gasteiger partial charge < -0.3 is 13.7 Å². The normalized spacial score (nSPS) is 16.8. The third kappa shape index (κ3) is 6.08. The predicted molar refractivity (Wildman–Crippen MR) is 355 cm³/mol. The summed E-state index contributed by atoms with van der Waals surface area (Å²) in [6.45, 7) is 38.7. The van der Waals surface area contributed by atoms with E-state index in [9.17, 15) is 0 Å². The molecule has 0 N–H and O–H groups in total. The lowest BCUT2D eigenvalue weighted by Gasteiger charge is -2.45. The van der Waals surface area contributed by atoms with E-state index in [0.29, 0.717) is 0 Å². The number of rotatable bonds is 1. The van der Waals surface area contributed by atoms with Crippen LogP contribution in [0.5, 0.6) is 0 Å². The summed E-state index contributed by atoms with van der Waals surface area (Å²) < 4.78 is 8.19. The van der Waals surface area contributed by atoms with Gasteiger partial charge in [0.15, 0.2) is 0 Å². The Morgan fingerprint density at radius 2 is 0.892 bits per heavy atom. The number of fused-ring (bicyclic) bond motifs is 19. The molecule has 410 valence electrons. The zero-order valence-electron chi connectivity index (χ0n) is 51.7. The first kappa shape index (κ1) is 50.0. The first-order valence-corrected chi connectivity index (χ1v) is 31.0. The highest BCUT2D eigenvalue weighted by molar-refractivity contribution is 7.00. The van der Waals surface area contributed by atoms with E-state index in [1.807, 2.05) is 0 Å². The minimum atomic E-state index is -0.629. The average molecular weight is 1080 g/mol. The van der Waals surface area contributed by atoms with Crippen molar-refractivity contribution in [3.05, 3.63) is 201 Å². The van der Waals surface area contributed by atoms with Gasteiger partial charge in [-0.15, -0.1) is 0 Å². The highest BCUT2D eigenvalue weighted by Gasteiger charge is 2.55. The third-order valence-corrected chi connectivity index (χ3v) is 21.7. The van der Waals surface area contributed by atoms with Crippen molar-refractivity contribution in [2.45, 2.75) is 162 Å². The van der Waals surface area contributed by atoms with Gasteiger partial charge in [0.2, 0.25) is 0 Å². The van der Waals surface area contributed by atoms with Crippen LogP contribution in [0.2, 0.25) is 0 Å². The van der Waals surface area contributed by atoms with Crippen LogP contribution in [0.4, 0.5) is 0 Å². The number of hydrogen-bond acceptors (Lipinski definition) is 0. The van der Waals surface area contributed by atoms with Crippen molar-refractivity contribution in [3.8, 4) is 28.2 Å². The predicted octanol–water partition coefficient (Wildman–Crippen LogP) is 18.3. The molecule has 4 heteroatoms. The summed E-state index contributed by atoms with van der Waals surface area (Å²) in [5.74, 6) is 0. The number of aromatic nitrogens is 3. The van der Waals surface area contributed by atoms with Crippen molar-refractivity contribution in [2.24, 2.45) is 0 Å². The summed E-state index contributed by atoms with van der Waals surface area (Å²) in [4.78, 5) is 0. The van der Waals surface area contributed by atoms with Crippen LogP contribution in [0.15, 0.2) is 146 Å². The first-order chi connectivity index (χ1) is 39.2. The summed E-state index contributed by atoms with van der Waals surface area (Å²) in [7, 11) is 0. The van der Waals surface area contributed by atoms with Crippen LogP contribution in [-0.2, 0) is 37.9 Å². The van der Waals surface area contributed by atoms with Crippen molar-refractivity contribution in [1.29, 1.82) is 0 Å². The number of hydrogen-bond donors (Lipinski definition) is 0. The van der Waals surface area contributed by atoms with Crippen LogP contribution in [0.25, 0.3) is 93.6 Å². The zero-order chi connectivity index (χ0) is 57.5. The fourth-order valence-electron chi connectivity index (χ4n) is 17.1. The molecule has 3 aliphatic heterocycles. The highest BCUT2D eigenvalue weighted by Crippen LogP contribution is 2.63. The Balaban J connectivity index is 1.10. The molecule has 0 atom stereocenters. The van der Waals surface area contributed by atoms with Gasteiger partial charge in [-0.05, 0) is 177 Å². The molecule has 12 aromatic rings. The standard InChI is InChI=1S/C79H76BN3/c1-73(2,3)43-25-28-48-49-29-26-44(74(4,5)6)38-57(49)79(56(48)37-43)55-31-32-64-68-71(55)83-69-52(35-45(39-59(69)79)75(7,8)9)53-36-46(76(10,11)12)40-60(70(53)83)80(68)61-42-65-66(67-51-22-18-20-24-63(51)82(64)72(61)67)50-21-17-19-23-62(50)81(65)47-27-30-54-58(41-47)78(15,16)34-33-77(54,13)14/h17-32,35-42H,33-34H2,1-16H3. The Morgan fingerprint density at radius 1 is 0.373 bits per heavy atom. The molecule has 17 rings (SSSR count). The van der Waals surface area contributed by atoms with Gasteiger partial charge in [0.25, 0.3) is 6.71 Å². The molecule has 5 aliphatic rings. The SMILES string of the molecule is CC(C)(C)c1ccc2c(c1)C1(c3cc(C(C)(C)C)ccc3-2)c2ccc3c4c2-n2c5c(cc(C(C)(C)C)cc5c5cc(C(C)(C)C)cc1c52)B4c1cc2c(c4ccccc4n2-c2ccc4c(c2)C(C)(C)CCC4(C)C)c2c4ccccc4n-3c12. The van der Waals surface area contributed by atoms with Crippen molar-refractivity contribution in [1.82, 2.24) is 13.7 Å². The van der Waals surface area contributed by atoms with Crippen molar-refractivity contribution < 1.29 is 0 Å². The van der Waals surface area contributed by atoms with E-state index < -0.39 is 5.41 Å². The van der Waals surface area contributed by atoms with E-state index in [1.54, 1.807) is 0 Å². The monoisotopic (exact) mass is 1080 g/mol. The molecule has 0 fully saturated rings. The fraction of sp³-hybridized carbons (Fsp3) is 0.316. The molecule has 0 saturated carbocycles. The molecular weight excluding hydrogens is 1000 g/mol. The second kappa shape index (κ2) is 15.2. The number of nitrogens with zero attached hydrogens (tertiary/aromatic N) is 3. The maximum Gasteiger partial charge on any atom is 0.252 e. The Hall–Kier alpha value is -7.56. The Labute approximate surface area is 490 Å². The van der Waals surface area contributed by atoms with E-state index in [-0.39, 0.29) is 39.2 Å². The molecule has 2 aliphatic carbocycles. The van der Waals surface area contributed by atoms with Crippen LogP contribution in [0.1, 0.15) is 179 Å². The lowest BCUT2D eigenvalue weighted by atomic mass is 9.33. The minimum absolute atomic E-state index is 0.0625. The van der Waals surface area contributed by atoms with Gasteiger partial charge in [0.1, 0.15) is 0 Å². The number of para-hydroxylation sites is 2.